The number of benzene rings is 1. The highest BCUT2D eigenvalue weighted by atomic mass is 19.3. The molecule has 0 bridgehead atoms. The van der Waals surface area contributed by atoms with Crippen LogP contribution in [-0.4, -0.2) is 55.2 Å². The summed E-state index contributed by atoms with van der Waals surface area (Å²) < 4.78 is 30.0. The number of hydrogen-bond donors (Lipinski definition) is 1. The minimum atomic E-state index is -2.58. The van der Waals surface area contributed by atoms with Crippen LogP contribution < -0.4 is 5.32 Å². The average Bonchev–Trinajstić information content (AvgIpc) is 2.80. The van der Waals surface area contributed by atoms with E-state index in [4.69, 9.17) is 0 Å². The molecule has 126 valence electrons. The summed E-state index contributed by atoms with van der Waals surface area (Å²) in [6, 6.07) is 5.21. The van der Waals surface area contributed by atoms with E-state index in [2.05, 4.69) is 10.1 Å². The lowest BCUT2D eigenvalue weighted by Crippen LogP contribution is -2.39. The fourth-order valence-corrected chi connectivity index (χ4v) is 2.39. The van der Waals surface area contributed by atoms with Crippen LogP contribution in [0.5, 0.6) is 0 Å². The summed E-state index contributed by atoms with van der Waals surface area (Å²) in [5.41, 5.74) is 0.178. The predicted molar refractivity (Wildman–Crippen MR) is 80.6 cm³/mol. The third-order valence-electron chi connectivity index (χ3n) is 3.61. The largest absolute Gasteiger partial charge is 0.453 e. The number of amides is 3. The van der Waals surface area contributed by atoms with Gasteiger partial charge in [0.15, 0.2) is 0 Å². The second kappa shape index (κ2) is 7.75. The van der Waals surface area contributed by atoms with Crippen molar-refractivity contribution >= 4 is 17.8 Å². The Kier molecular flexibility index (Phi) is 5.72. The number of anilines is 1. The van der Waals surface area contributed by atoms with Gasteiger partial charge >= 0.3 is 12.1 Å². The van der Waals surface area contributed by atoms with E-state index in [0.717, 1.165) is 0 Å². The van der Waals surface area contributed by atoms with Gasteiger partial charge in [0.05, 0.1) is 7.11 Å². The van der Waals surface area contributed by atoms with Crippen LogP contribution in [-0.2, 0) is 4.74 Å². The number of nitrogens with zero attached hydrogens (tertiary/aromatic N) is 2. The van der Waals surface area contributed by atoms with Crippen molar-refractivity contribution in [3.63, 3.8) is 0 Å². The van der Waals surface area contributed by atoms with Crippen LogP contribution in [0.3, 0.4) is 0 Å². The number of urea groups is 1. The third-order valence-corrected chi connectivity index (χ3v) is 3.61. The van der Waals surface area contributed by atoms with Crippen LogP contribution in [0.1, 0.15) is 18.4 Å². The van der Waals surface area contributed by atoms with Gasteiger partial charge in [0, 0.05) is 37.4 Å². The number of carbonyl (C=O) groups excluding carboxylic acids is 2. The van der Waals surface area contributed by atoms with Gasteiger partial charge in [0.25, 0.3) is 6.43 Å². The molecule has 1 fully saturated rings. The summed E-state index contributed by atoms with van der Waals surface area (Å²) in [7, 11) is 1.31. The summed E-state index contributed by atoms with van der Waals surface area (Å²) in [5, 5.41) is 2.61. The van der Waals surface area contributed by atoms with Gasteiger partial charge in [-0.25, -0.2) is 18.4 Å². The second-order valence-electron chi connectivity index (χ2n) is 5.15. The van der Waals surface area contributed by atoms with Crippen LogP contribution in [0, 0.1) is 0 Å². The molecule has 1 aliphatic heterocycles. The molecule has 6 nitrogen and oxygen atoms in total. The first kappa shape index (κ1) is 17.0. The number of nitrogens with one attached hydrogen (secondary N) is 1. The molecule has 0 saturated carbocycles. The van der Waals surface area contributed by atoms with Gasteiger partial charge in [-0.3, -0.25) is 0 Å². The normalized spacial score (nSPS) is 15.3. The van der Waals surface area contributed by atoms with E-state index in [-0.39, 0.29) is 11.6 Å². The lowest BCUT2D eigenvalue weighted by molar-refractivity contribution is 0.125. The van der Waals surface area contributed by atoms with Gasteiger partial charge in [-0.1, -0.05) is 12.1 Å². The zero-order chi connectivity index (χ0) is 16.8. The van der Waals surface area contributed by atoms with E-state index in [1.54, 1.807) is 11.0 Å². The Morgan fingerprint density at radius 3 is 2.57 bits per heavy atom. The maximum absolute atomic E-state index is 12.7. The number of alkyl halides is 2. The molecule has 1 saturated heterocycles. The Hall–Kier alpha value is -2.38. The number of hydrogen-bond acceptors (Lipinski definition) is 3. The Morgan fingerprint density at radius 1 is 1.17 bits per heavy atom. The highest BCUT2D eigenvalue weighted by Crippen LogP contribution is 2.22. The van der Waals surface area contributed by atoms with Crippen molar-refractivity contribution in [3.8, 4) is 0 Å². The minimum absolute atomic E-state index is 0.143. The fraction of sp³-hybridized carbons (Fsp3) is 0.467. The first-order valence-corrected chi connectivity index (χ1v) is 7.28. The van der Waals surface area contributed by atoms with Crippen LogP contribution in [0.2, 0.25) is 0 Å². The van der Waals surface area contributed by atoms with Crippen molar-refractivity contribution < 1.29 is 23.1 Å². The molecule has 23 heavy (non-hydrogen) atoms. The molecule has 0 unspecified atom stereocenters. The highest BCUT2D eigenvalue weighted by molar-refractivity contribution is 5.89. The van der Waals surface area contributed by atoms with Crippen molar-refractivity contribution in [2.45, 2.75) is 12.8 Å². The minimum Gasteiger partial charge on any atom is -0.453 e. The lowest BCUT2D eigenvalue weighted by atomic mass is 10.2. The van der Waals surface area contributed by atoms with Crippen molar-refractivity contribution in [3.05, 3.63) is 29.8 Å². The Labute approximate surface area is 133 Å². The lowest BCUT2D eigenvalue weighted by Gasteiger charge is -2.22. The molecule has 1 aromatic rings. The van der Waals surface area contributed by atoms with Crippen LogP contribution in [0.25, 0.3) is 0 Å². The smallest absolute Gasteiger partial charge is 0.409 e. The van der Waals surface area contributed by atoms with E-state index < -0.39 is 12.5 Å². The molecular weight excluding hydrogens is 308 g/mol. The standard InChI is InChI=1S/C15H19F2N3O3/c1-23-15(22)20-7-3-6-19(8-9-20)14(21)18-12-5-2-4-11(10-12)13(16)17/h2,4-5,10,13H,3,6-9H2,1H3,(H,18,21). The molecule has 2 rings (SSSR count). The van der Waals surface area contributed by atoms with Crippen LogP contribution in [0.15, 0.2) is 24.3 Å². The van der Waals surface area contributed by atoms with E-state index in [0.29, 0.717) is 38.3 Å². The zero-order valence-corrected chi connectivity index (χ0v) is 12.8. The number of rotatable bonds is 2. The summed E-state index contributed by atoms with van der Waals surface area (Å²) in [5.74, 6) is 0. The summed E-state index contributed by atoms with van der Waals surface area (Å²) >= 11 is 0. The molecule has 0 spiro atoms. The zero-order valence-electron chi connectivity index (χ0n) is 12.8. The first-order valence-electron chi connectivity index (χ1n) is 7.28. The number of ether oxygens (including phenoxy) is 1. The highest BCUT2D eigenvalue weighted by Gasteiger charge is 2.22. The molecular formula is C15H19F2N3O3. The van der Waals surface area contributed by atoms with Gasteiger partial charge in [-0.15, -0.1) is 0 Å². The molecule has 0 radical (unpaired) electrons. The van der Waals surface area contributed by atoms with Gasteiger partial charge in [-0.05, 0) is 18.6 Å². The Balaban J connectivity index is 1.95. The molecule has 1 heterocycles. The van der Waals surface area contributed by atoms with E-state index in [1.165, 1.54) is 30.2 Å². The van der Waals surface area contributed by atoms with Crippen molar-refractivity contribution in [2.24, 2.45) is 0 Å². The maximum Gasteiger partial charge on any atom is 0.409 e. The molecule has 1 aliphatic rings. The molecule has 0 atom stereocenters. The maximum atomic E-state index is 12.7. The Morgan fingerprint density at radius 2 is 1.87 bits per heavy atom. The van der Waals surface area contributed by atoms with Crippen LogP contribution in [0.4, 0.5) is 24.1 Å². The predicted octanol–water partition coefficient (Wildman–Crippen LogP) is 2.93. The SMILES string of the molecule is COC(=O)N1CCCN(C(=O)Nc2cccc(C(F)F)c2)CC1. The van der Waals surface area contributed by atoms with Gasteiger partial charge in [-0.2, -0.15) is 0 Å². The average molecular weight is 327 g/mol. The van der Waals surface area contributed by atoms with Crippen molar-refractivity contribution in [2.75, 3.05) is 38.6 Å². The molecule has 8 heteroatoms. The summed E-state index contributed by atoms with van der Waals surface area (Å²) in [4.78, 5) is 26.8. The summed E-state index contributed by atoms with van der Waals surface area (Å²) in [6.45, 7) is 1.72. The topological polar surface area (TPSA) is 61.9 Å². The fourth-order valence-electron chi connectivity index (χ4n) is 2.39. The molecule has 0 aliphatic carbocycles. The van der Waals surface area contributed by atoms with Crippen molar-refractivity contribution in [1.29, 1.82) is 0 Å². The second-order valence-corrected chi connectivity index (χ2v) is 5.15. The van der Waals surface area contributed by atoms with Crippen LogP contribution >= 0.6 is 0 Å². The number of carbonyl (C=O) groups is 2. The van der Waals surface area contributed by atoms with Crippen molar-refractivity contribution in [1.82, 2.24) is 9.80 Å². The molecule has 3 amide bonds. The van der Waals surface area contributed by atoms with Gasteiger partial charge < -0.3 is 19.9 Å². The first-order chi connectivity index (χ1) is 11.0. The van der Waals surface area contributed by atoms with E-state index in [9.17, 15) is 18.4 Å². The molecule has 1 N–H and O–H groups in total. The van der Waals surface area contributed by atoms with E-state index in [1.807, 2.05) is 0 Å². The summed E-state index contributed by atoms with van der Waals surface area (Å²) in [6.07, 6.45) is -2.38. The molecule has 0 aromatic heterocycles. The monoisotopic (exact) mass is 327 g/mol. The number of methoxy groups -OCH3 is 1. The van der Waals surface area contributed by atoms with E-state index >= 15 is 0 Å². The van der Waals surface area contributed by atoms with Gasteiger partial charge in [0.1, 0.15) is 0 Å². The quantitative estimate of drug-likeness (QED) is 0.908. The number of halogens is 2. The Bertz CT molecular complexity index is 569. The molecule has 1 aromatic carbocycles. The van der Waals surface area contributed by atoms with Gasteiger partial charge in [0.2, 0.25) is 0 Å². The third kappa shape index (κ3) is 4.54.